The van der Waals surface area contributed by atoms with E-state index in [1.54, 1.807) is 18.3 Å². The molecule has 3 fully saturated rings. The number of hydrogen-bond donors (Lipinski definition) is 3. The second-order valence-electron chi connectivity index (χ2n) is 9.66. The zero-order chi connectivity index (χ0) is 22.7. The first kappa shape index (κ1) is 21.2. The van der Waals surface area contributed by atoms with Gasteiger partial charge in [0.25, 0.3) is 0 Å². The fourth-order valence-electron chi connectivity index (χ4n) is 5.39. The lowest BCUT2D eigenvalue weighted by Gasteiger charge is -2.31. The molecule has 3 atom stereocenters. The maximum absolute atomic E-state index is 13.2. The smallest absolute Gasteiger partial charge is 0.169 e. The molecule has 3 aromatic rings. The van der Waals surface area contributed by atoms with Crippen molar-refractivity contribution >= 4 is 45.6 Å². The number of ketones is 1. The number of phenolic OH excluding ortho intramolecular Hbond substituents is 1. The maximum Gasteiger partial charge on any atom is 0.169 e. The molecule has 6 rings (SSSR count). The second-order valence-corrected chi connectivity index (χ2v) is 10.5. The van der Waals surface area contributed by atoms with Crippen molar-refractivity contribution in [1.29, 1.82) is 0 Å². The molecule has 2 bridgehead atoms. The number of nitrogens with one attached hydrogen (secondary N) is 2. The highest BCUT2D eigenvalue weighted by molar-refractivity contribution is 6.37. The Labute approximate surface area is 202 Å². The van der Waals surface area contributed by atoms with Crippen molar-refractivity contribution in [3.05, 3.63) is 52.1 Å². The molecule has 7 heteroatoms. The topological polar surface area (TPSA) is 74.2 Å². The van der Waals surface area contributed by atoms with Crippen LogP contribution >= 0.6 is 23.2 Å². The van der Waals surface area contributed by atoms with E-state index in [9.17, 15) is 9.90 Å². The SMILES string of the molecule is O=C(c1cnc2ccc(-c3cc(Cl)c(O)c(Cl)c3)cc2c1NC1C[C@H]2CC[C@@H](C1)N2)C1CC1. The molecule has 0 amide bonds. The lowest BCUT2D eigenvalue weighted by molar-refractivity contribution is 0.0968. The molecule has 3 aliphatic rings. The van der Waals surface area contributed by atoms with Crippen molar-refractivity contribution in [2.45, 2.75) is 56.7 Å². The lowest BCUT2D eigenvalue weighted by Crippen LogP contribution is -2.43. The number of phenols is 1. The van der Waals surface area contributed by atoms with E-state index in [-0.39, 0.29) is 27.5 Å². The third kappa shape index (κ3) is 3.96. The molecule has 0 radical (unpaired) electrons. The molecule has 2 aliphatic heterocycles. The molecule has 1 unspecified atom stereocenters. The number of fused-ring (bicyclic) bond motifs is 3. The molecule has 2 aromatic carbocycles. The Morgan fingerprint density at radius 3 is 2.36 bits per heavy atom. The van der Waals surface area contributed by atoms with Gasteiger partial charge in [0.15, 0.2) is 11.5 Å². The summed E-state index contributed by atoms with van der Waals surface area (Å²) in [4.78, 5) is 17.8. The monoisotopic (exact) mass is 481 g/mol. The molecule has 1 aliphatic carbocycles. The van der Waals surface area contributed by atoms with Gasteiger partial charge in [-0.05, 0) is 73.9 Å². The van der Waals surface area contributed by atoms with Gasteiger partial charge in [-0.3, -0.25) is 9.78 Å². The Balaban J connectivity index is 1.46. The predicted molar refractivity (Wildman–Crippen MR) is 133 cm³/mol. The number of pyridine rings is 1. The number of aromatic nitrogens is 1. The van der Waals surface area contributed by atoms with Crippen LogP contribution in [0.15, 0.2) is 36.5 Å². The molecule has 2 saturated heterocycles. The van der Waals surface area contributed by atoms with Gasteiger partial charge >= 0.3 is 0 Å². The summed E-state index contributed by atoms with van der Waals surface area (Å²) in [7, 11) is 0. The van der Waals surface area contributed by atoms with E-state index in [2.05, 4.69) is 15.6 Å². The Bertz CT molecular complexity index is 1240. The van der Waals surface area contributed by atoms with E-state index in [0.29, 0.717) is 23.7 Å². The van der Waals surface area contributed by atoms with Crippen LogP contribution < -0.4 is 10.6 Å². The van der Waals surface area contributed by atoms with Gasteiger partial charge in [-0.1, -0.05) is 29.3 Å². The minimum absolute atomic E-state index is 0.117. The van der Waals surface area contributed by atoms with Crippen LogP contribution in [0.4, 0.5) is 5.69 Å². The normalized spacial score (nSPS) is 24.2. The van der Waals surface area contributed by atoms with Crippen LogP contribution in [-0.2, 0) is 0 Å². The van der Waals surface area contributed by atoms with E-state index in [1.165, 1.54) is 12.8 Å². The van der Waals surface area contributed by atoms with Crippen LogP contribution in [0.2, 0.25) is 10.0 Å². The van der Waals surface area contributed by atoms with Gasteiger partial charge in [0, 0.05) is 35.6 Å². The Kier molecular flexibility index (Phi) is 5.24. The molecule has 3 N–H and O–H groups in total. The lowest BCUT2D eigenvalue weighted by atomic mass is 9.96. The van der Waals surface area contributed by atoms with Gasteiger partial charge in [-0.15, -0.1) is 0 Å². The molecule has 170 valence electrons. The van der Waals surface area contributed by atoms with E-state index in [4.69, 9.17) is 23.2 Å². The van der Waals surface area contributed by atoms with Gasteiger partial charge in [0.2, 0.25) is 0 Å². The quantitative estimate of drug-likeness (QED) is 0.378. The zero-order valence-corrected chi connectivity index (χ0v) is 19.6. The number of halogens is 2. The molecule has 33 heavy (non-hydrogen) atoms. The first-order valence-electron chi connectivity index (χ1n) is 11.6. The summed E-state index contributed by atoms with van der Waals surface area (Å²) in [5.41, 5.74) is 4.12. The average Bonchev–Trinajstić information content (AvgIpc) is 3.61. The largest absolute Gasteiger partial charge is 0.505 e. The van der Waals surface area contributed by atoms with Gasteiger partial charge in [0.1, 0.15) is 0 Å². The van der Waals surface area contributed by atoms with Crippen LogP contribution in [0.25, 0.3) is 22.0 Å². The third-order valence-electron chi connectivity index (χ3n) is 7.25. The Morgan fingerprint density at radius 2 is 1.70 bits per heavy atom. The number of carbonyl (C=O) groups excluding carboxylic acids is 1. The van der Waals surface area contributed by atoms with Crippen LogP contribution in [0, 0.1) is 5.92 Å². The maximum atomic E-state index is 13.2. The number of carbonyl (C=O) groups is 1. The van der Waals surface area contributed by atoms with Gasteiger partial charge in [-0.25, -0.2) is 0 Å². The summed E-state index contributed by atoms with van der Waals surface area (Å²) in [6.07, 6.45) is 8.22. The summed E-state index contributed by atoms with van der Waals surface area (Å²) in [6.45, 7) is 0. The Morgan fingerprint density at radius 1 is 1.00 bits per heavy atom. The van der Waals surface area contributed by atoms with E-state index in [1.807, 2.05) is 18.2 Å². The van der Waals surface area contributed by atoms with E-state index in [0.717, 1.165) is 53.4 Å². The summed E-state index contributed by atoms with van der Waals surface area (Å²) in [6, 6.07) is 10.8. The van der Waals surface area contributed by atoms with Crippen LogP contribution in [0.5, 0.6) is 5.75 Å². The minimum Gasteiger partial charge on any atom is -0.505 e. The van der Waals surface area contributed by atoms with Crippen molar-refractivity contribution in [2.75, 3.05) is 5.32 Å². The van der Waals surface area contributed by atoms with Crippen molar-refractivity contribution in [3.8, 4) is 16.9 Å². The van der Waals surface area contributed by atoms with Crippen molar-refractivity contribution < 1.29 is 9.90 Å². The zero-order valence-electron chi connectivity index (χ0n) is 18.1. The number of hydrogen-bond acceptors (Lipinski definition) is 5. The third-order valence-corrected chi connectivity index (χ3v) is 7.83. The summed E-state index contributed by atoms with van der Waals surface area (Å²) in [5.74, 6) is 0.182. The number of rotatable bonds is 5. The van der Waals surface area contributed by atoms with Crippen LogP contribution in [-0.4, -0.2) is 34.0 Å². The number of aromatic hydroxyl groups is 1. The predicted octanol–water partition coefficient (Wildman–Crippen LogP) is 6.20. The summed E-state index contributed by atoms with van der Waals surface area (Å²) >= 11 is 12.4. The first-order valence-corrected chi connectivity index (χ1v) is 12.4. The fourth-order valence-corrected chi connectivity index (χ4v) is 5.88. The highest BCUT2D eigenvalue weighted by Crippen LogP contribution is 2.41. The fraction of sp³-hybridized carbons (Fsp3) is 0.385. The summed E-state index contributed by atoms with van der Waals surface area (Å²) < 4.78 is 0. The minimum atomic E-state index is -0.121. The van der Waals surface area contributed by atoms with E-state index >= 15 is 0 Å². The van der Waals surface area contributed by atoms with Crippen molar-refractivity contribution in [1.82, 2.24) is 10.3 Å². The van der Waals surface area contributed by atoms with Crippen molar-refractivity contribution in [3.63, 3.8) is 0 Å². The van der Waals surface area contributed by atoms with E-state index < -0.39 is 0 Å². The van der Waals surface area contributed by atoms with Gasteiger partial charge in [0.05, 0.1) is 26.8 Å². The highest BCUT2D eigenvalue weighted by Gasteiger charge is 2.36. The molecule has 5 nitrogen and oxygen atoms in total. The van der Waals surface area contributed by atoms with Gasteiger partial charge in [-0.2, -0.15) is 0 Å². The molecule has 0 spiro atoms. The second kappa shape index (κ2) is 8.15. The van der Waals surface area contributed by atoms with Crippen molar-refractivity contribution in [2.24, 2.45) is 5.92 Å². The average molecular weight is 482 g/mol. The molecular formula is C26H25Cl2N3O2. The standard InChI is InChI=1S/C26H25Cl2N3O2/c27-21-8-15(9-22(28)26(21)33)14-3-6-23-19(7-14)24(20(12-29-23)25(32)13-1-2-13)31-18-10-16-4-5-17(11-18)30-16/h3,6-9,12-13,16-18,30,33H,1-2,4-5,10-11H2,(H,29,31)/t16-,17+,18?. The molecule has 1 aromatic heterocycles. The number of nitrogens with zero attached hydrogens (tertiary/aromatic N) is 1. The number of piperidine rings is 1. The number of anilines is 1. The molecule has 1 saturated carbocycles. The first-order chi connectivity index (χ1) is 16.0. The van der Waals surface area contributed by atoms with Gasteiger partial charge < -0.3 is 15.7 Å². The molecule has 3 heterocycles. The highest BCUT2D eigenvalue weighted by atomic mass is 35.5. The number of benzene rings is 2. The summed E-state index contributed by atoms with van der Waals surface area (Å²) in [5, 5.41) is 18.7. The number of Topliss-reactive ketones (excluding diaryl/α,β-unsaturated/α-hetero) is 1. The Hall–Kier alpha value is -2.34. The van der Waals surface area contributed by atoms with Crippen LogP contribution in [0.1, 0.15) is 48.9 Å². The van der Waals surface area contributed by atoms with Crippen LogP contribution in [0.3, 0.4) is 0 Å². The molecular weight excluding hydrogens is 457 g/mol.